The SMILES string of the molecule is Cc1ccccc1Oc1ccccc1NCC(=O)O. The molecule has 2 N–H and O–H groups in total. The maximum atomic E-state index is 10.6. The van der Waals surface area contributed by atoms with Crippen LogP contribution in [0.15, 0.2) is 48.5 Å². The monoisotopic (exact) mass is 257 g/mol. The molecule has 0 heterocycles. The van der Waals surface area contributed by atoms with Crippen LogP contribution in [0.4, 0.5) is 5.69 Å². The van der Waals surface area contributed by atoms with E-state index in [-0.39, 0.29) is 6.54 Å². The maximum absolute atomic E-state index is 10.6. The molecule has 0 amide bonds. The minimum Gasteiger partial charge on any atom is -0.480 e. The second-order valence-corrected chi connectivity index (χ2v) is 4.11. The highest BCUT2D eigenvalue weighted by atomic mass is 16.5. The highest BCUT2D eigenvalue weighted by Crippen LogP contribution is 2.30. The second kappa shape index (κ2) is 5.91. The molecule has 0 unspecified atom stereocenters. The topological polar surface area (TPSA) is 58.6 Å². The van der Waals surface area contributed by atoms with E-state index in [9.17, 15) is 4.79 Å². The summed E-state index contributed by atoms with van der Waals surface area (Å²) in [6.07, 6.45) is 0. The summed E-state index contributed by atoms with van der Waals surface area (Å²) in [5, 5.41) is 11.5. The Hall–Kier alpha value is -2.49. The Kier molecular flexibility index (Phi) is 4.03. The lowest BCUT2D eigenvalue weighted by Gasteiger charge is -2.13. The molecule has 4 nitrogen and oxygen atoms in total. The van der Waals surface area contributed by atoms with Crippen LogP contribution < -0.4 is 10.1 Å². The van der Waals surface area contributed by atoms with Crippen molar-refractivity contribution in [2.75, 3.05) is 11.9 Å². The third-order valence-corrected chi connectivity index (χ3v) is 2.63. The van der Waals surface area contributed by atoms with Crippen LogP contribution in [0.1, 0.15) is 5.56 Å². The van der Waals surface area contributed by atoms with Gasteiger partial charge in [0.25, 0.3) is 0 Å². The zero-order valence-corrected chi connectivity index (χ0v) is 10.6. The van der Waals surface area contributed by atoms with E-state index in [1.165, 1.54) is 0 Å². The third kappa shape index (κ3) is 3.48. The van der Waals surface area contributed by atoms with Crippen LogP contribution in [-0.2, 0) is 4.79 Å². The van der Waals surface area contributed by atoms with Gasteiger partial charge in [-0.3, -0.25) is 4.79 Å². The Morgan fingerprint density at radius 1 is 1.11 bits per heavy atom. The fourth-order valence-corrected chi connectivity index (χ4v) is 1.66. The third-order valence-electron chi connectivity index (χ3n) is 2.63. The lowest BCUT2D eigenvalue weighted by molar-refractivity contribution is -0.134. The molecule has 0 fully saturated rings. The number of aryl methyl sites for hydroxylation is 1. The fraction of sp³-hybridized carbons (Fsp3) is 0.133. The summed E-state index contributed by atoms with van der Waals surface area (Å²) in [4.78, 5) is 10.6. The number of carbonyl (C=O) groups is 1. The first kappa shape index (κ1) is 13.0. The Labute approximate surface area is 111 Å². The Morgan fingerprint density at radius 3 is 2.42 bits per heavy atom. The van der Waals surface area contributed by atoms with E-state index in [2.05, 4.69) is 5.32 Å². The smallest absolute Gasteiger partial charge is 0.322 e. The number of anilines is 1. The normalized spacial score (nSPS) is 9.95. The molecule has 2 aromatic carbocycles. The molecule has 98 valence electrons. The van der Waals surface area contributed by atoms with Crippen LogP contribution >= 0.6 is 0 Å². The minimum atomic E-state index is -0.911. The number of carboxylic acid groups (broad SMARTS) is 1. The number of para-hydroxylation sites is 3. The number of hydrogen-bond acceptors (Lipinski definition) is 3. The Morgan fingerprint density at radius 2 is 1.74 bits per heavy atom. The molecule has 19 heavy (non-hydrogen) atoms. The number of carboxylic acids is 1. The quantitative estimate of drug-likeness (QED) is 0.863. The molecule has 0 bridgehead atoms. The number of nitrogens with one attached hydrogen (secondary N) is 1. The molecule has 0 aliphatic rings. The van der Waals surface area contributed by atoms with Gasteiger partial charge in [-0.1, -0.05) is 30.3 Å². The van der Waals surface area contributed by atoms with E-state index in [0.29, 0.717) is 11.4 Å². The summed E-state index contributed by atoms with van der Waals surface area (Å²) in [6, 6.07) is 14.9. The molecule has 0 spiro atoms. The number of hydrogen-bond donors (Lipinski definition) is 2. The molecule has 0 radical (unpaired) electrons. The van der Waals surface area contributed by atoms with Crippen LogP contribution in [0.25, 0.3) is 0 Å². The van der Waals surface area contributed by atoms with Gasteiger partial charge in [-0.2, -0.15) is 0 Å². The highest BCUT2D eigenvalue weighted by molar-refractivity contribution is 5.74. The number of ether oxygens (including phenoxy) is 1. The van der Waals surface area contributed by atoms with Crippen molar-refractivity contribution in [3.8, 4) is 11.5 Å². The summed E-state index contributed by atoms with van der Waals surface area (Å²) in [6.45, 7) is 1.82. The predicted octanol–water partition coefficient (Wildman–Crippen LogP) is 3.28. The van der Waals surface area contributed by atoms with Crippen molar-refractivity contribution < 1.29 is 14.6 Å². The first-order chi connectivity index (χ1) is 9.16. The van der Waals surface area contributed by atoms with Gasteiger partial charge in [0, 0.05) is 0 Å². The van der Waals surface area contributed by atoms with E-state index in [1.807, 2.05) is 43.3 Å². The maximum Gasteiger partial charge on any atom is 0.322 e. The summed E-state index contributed by atoms with van der Waals surface area (Å²) < 4.78 is 5.82. The molecule has 2 rings (SSSR count). The van der Waals surface area contributed by atoms with E-state index < -0.39 is 5.97 Å². The van der Waals surface area contributed by atoms with E-state index in [1.54, 1.807) is 12.1 Å². The average Bonchev–Trinajstić information content (AvgIpc) is 2.40. The molecule has 0 atom stereocenters. The average molecular weight is 257 g/mol. The van der Waals surface area contributed by atoms with Crippen LogP contribution in [0.3, 0.4) is 0 Å². The van der Waals surface area contributed by atoms with Gasteiger partial charge >= 0.3 is 5.97 Å². The van der Waals surface area contributed by atoms with E-state index >= 15 is 0 Å². The van der Waals surface area contributed by atoms with Gasteiger partial charge in [0.1, 0.15) is 12.3 Å². The van der Waals surface area contributed by atoms with Gasteiger partial charge in [-0.25, -0.2) is 0 Å². The Balaban J connectivity index is 2.20. The van der Waals surface area contributed by atoms with Crippen molar-refractivity contribution in [3.63, 3.8) is 0 Å². The number of rotatable bonds is 5. The van der Waals surface area contributed by atoms with Gasteiger partial charge in [0.05, 0.1) is 5.69 Å². The zero-order chi connectivity index (χ0) is 13.7. The first-order valence-corrected chi connectivity index (χ1v) is 5.95. The molecular weight excluding hydrogens is 242 g/mol. The largest absolute Gasteiger partial charge is 0.480 e. The summed E-state index contributed by atoms with van der Waals surface area (Å²) >= 11 is 0. The number of aliphatic carboxylic acids is 1. The molecule has 4 heteroatoms. The highest BCUT2D eigenvalue weighted by Gasteiger charge is 2.06. The van der Waals surface area contributed by atoms with Gasteiger partial charge in [0.2, 0.25) is 0 Å². The minimum absolute atomic E-state index is 0.145. The fourth-order valence-electron chi connectivity index (χ4n) is 1.66. The molecule has 0 saturated carbocycles. The molecule has 0 aliphatic heterocycles. The molecule has 0 saturated heterocycles. The van der Waals surface area contributed by atoms with Gasteiger partial charge in [-0.05, 0) is 30.7 Å². The van der Waals surface area contributed by atoms with Crippen molar-refractivity contribution in [2.24, 2.45) is 0 Å². The van der Waals surface area contributed by atoms with Crippen LogP contribution in [0.5, 0.6) is 11.5 Å². The zero-order valence-electron chi connectivity index (χ0n) is 10.6. The van der Waals surface area contributed by atoms with Crippen molar-refractivity contribution in [2.45, 2.75) is 6.92 Å². The lowest BCUT2D eigenvalue weighted by Crippen LogP contribution is -2.12. The van der Waals surface area contributed by atoms with Crippen molar-refractivity contribution >= 4 is 11.7 Å². The van der Waals surface area contributed by atoms with Crippen molar-refractivity contribution in [1.82, 2.24) is 0 Å². The summed E-state index contributed by atoms with van der Waals surface area (Å²) in [5.41, 5.74) is 1.68. The van der Waals surface area contributed by atoms with Crippen molar-refractivity contribution in [1.29, 1.82) is 0 Å². The van der Waals surface area contributed by atoms with Crippen LogP contribution in [0.2, 0.25) is 0 Å². The number of benzene rings is 2. The molecule has 0 aromatic heterocycles. The summed E-state index contributed by atoms with van der Waals surface area (Å²) in [7, 11) is 0. The molecule has 0 aliphatic carbocycles. The predicted molar refractivity (Wildman–Crippen MR) is 73.8 cm³/mol. The van der Waals surface area contributed by atoms with Crippen LogP contribution in [0, 0.1) is 6.92 Å². The first-order valence-electron chi connectivity index (χ1n) is 5.95. The summed E-state index contributed by atoms with van der Waals surface area (Å²) in [5.74, 6) is 0.454. The van der Waals surface area contributed by atoms with Gasteiger partial charge < -0.3 is 15.2 Å². The molecular formula is C15H15NO3. The Bertz CT molecular complexity index is 581. The second-order valence-electron chi connectivity index (χ2n) is 4.11. The lowest BCUT2D eigenvalue weighted by atomic mass is 10.2. The molecule has 2 aromatic rings. The standard InChI is InChI=1S/C15H15NO3/c1-11-6-2-4-8-13(11)19-14-9-5-3-7-12(14)16-10-15(17)18/h2-9,16H,10H2,1H3,(H,17,18). The van der Waals surface area contributed by atoms with E-state index in [0.717, 1.165) is 11.3 Å². The van der Waals surface area contributed by atoms with E-state index in [4.69, 9.17) is 9.84 Å². The van der Waals surface area contributed by atoms with Gasteiger partial charge in [0.15, 0.2) is 5.75 Å². The van der Waals surface area contributed by atoms with Crippen LogP contribution in [-0.4, -0.2) is 17.6 Å². The van der Waals surface area contributed by atoms with Crippen molar-refractivity contribution in [3.05, 3.63) is 54.1 Å². The van der Waals surface area contributed by atoms with Gasteiger partial charge in [-0.15, -0.1) is 0 Å².